The molecule has 1 N–H and O–H groups in total. The number of ether oxygens (including phenoxy) is 1. The molecule has 0 spiro atoms. The number of methoxy groups -OCH3 is 1. The number of benzene rings is 1. The lowest BCUT2D eigenvalue weighted by Gasteiger charge is -2.30. The van der Waals surface area contributed by atoms with Gasteiger partial charge in [-0.3, -0.25) is 14.6 Å². The minimum absolute atomic E-state index is 0.0528. The molecule has 0 amide bonds. The molecule has 0 aliphatic heterocycles. The summed E-state index contributed by atoms with van der Waals surface area (Å²) in [4.78, 5) is 28.7. The summed E-state index contributed by atoms with van der Waals surface area (Å²) in [5.41, 5.74) is 2.20. The highest BCUT2D eigenvalue weighted by Gasteiger charge is 2.35. The SMILES string of the molecule is COC(=O)CCC(=Nc1ccc(C)cc1)C1=C(O)CC(C)(C)CC1=O. The number of hydrogen-bond donors (Lipinski definition) is 1. The van der Waals surface area contributed by atoms with E-state index in [-0.39, 0.29) is 41.3 Å². The van der Waals surface area contributed by atoms with Crippen molar-refractivity contribution < 1.29 is 19.4 Å². The molecule has 1 aliphatic carbocycles. The van der Waals surface area contributed by atoms with Gasteiger partial charge >= 0.3 is 5.97 Å². The largest absolute Gasteiger partial charge is 0.511 e. The van der Waals surface area contributed by atoms with E-state index in [1.807, 2.05) is 45.0 Å². The smallest absolute Gasteiger partial charge is 0.305 e. The van der Waals surface area contributed by atoms with Gasteiger partial charge in [-0.05, 0) is 24.5 Å². The van der Waals surface area contributed by atoms with Crippen LogP contribution in [0.25, 0.3) is 0 Å². The van der Waals surface area contributed by atoms with Crippen molar-refractivity contribution in [2.45, 2.75) is 46.5 Å². The summed E-state index contributed by atoms with van der Waals surface area (Å²) in [7, 11) is 1.32. The summed E-state index contributed by atoms with van der Waals surface area (Å²) < 4.78 is 4.68. The van der Waals surface area contributed by atoms with Crippen LogP contribution in [0, 0.1) is 12.3 Å². The summed E-state index contributed by atoms with van der Waals surface area (Å²) in [5.74, 6) is -0.457. The van der Waals surface area contributed by atoms with Crippen LogP contribution >= 0.6 is 0 Å². The van der Waals surface area contributed by atoms with Crippen LogP contribution in [0.2, 0.25) is 0 Å². The van der Waals surface area contributed by atoms with Crippen LogP contribution in [0.5, 0.6) is 0 Å². The number of aliphatic imine (C=N–C) groups is 1. The summed E-state index contributed by atoms with van der Waals surface area (Å²) in [6.45, 7) is 5.87. The molecule has 5 nitrogen and oxygen atoms in total. The van der Waals surface area contributed by atoms with E-state index < -0.39 is 0 Å². The lowest BCUT2D eigenvalue weighted by molar-refractivity contribution is -0.140. The van der Waals surface area contributed by atoms with Crippen molar-refractivity contribution >= 4 is 23.2 Å². The Morgan fingerprint density at radius 2 is 1.84 bits per heavy atom. The molecule has 0 unspecified atom stereocenters. The van der Waals surface area contributed by atoms with Gasteiger partial charge in [-0.25, -0.2) is 0 Å². The van der Waals surface area contributed by atoms with Crippen LogP contribution in [-0.2, 0) is 14.3 Å². The third-order valence-electron chi connectivity index (χ3n) is 4.23. The highest BCUT2D eigenvalue weighted by molar-refractivity contribution is 6.24. The van der Waals surface area contributed by atoms with Crippen molar-refractivity contribution in [3.05, 3.63) is 41.2 Å². The van der Waals surface area contributed by atoms with Crippen LogP contribution in [0.15, 0.2) is 40.6 Å². The minimum Gasteiger partial charge on any atom is -0.511 e. The van der Waals surface area contributed by atoms with Gasteiger partial charge in [0.05, 0.1) is 30.5 Å². The van der Waals surface area contributed by atoms with Gasteiger partial charge in [0.25, 0.3) is 0 Å². The summed E-state index contributed by atoms with van der Waals surface area (Å²) in [6.07, 6.45) is 1.11. The van der Waals surface area contributed by atoms with Crippen molar-refractivity contribution in [1.29, 1.82) is 0 Å². The van der Waals surface area contributed by atoms with Crippen molar-refractivity contribution in [3.8, 4) is 0 Å². The standard InChI is InChI=1S/C20H25NO4/c1-13-5-7-14(8-6-13)21-15(9-10-18(24)25-4)19-16(22)11-20(2,3)12-17(19)23/h5-8,22H,9-12H2,1-4H3. The molecule has 0 fully saturated rings. The zero-order valence-electron chi connectivity index (χ0n) is 15.3. The fourth-order valence-electron chi connectivity index (χ4n) is 2.95. The topological polar surface area (TPSA) is 76.0 Å². The first kappa shape index (κ1) is 18.9. The molecule has 134 valence electrons. The van der Waals surface area contributed by atoms with Gasteiger partial charge in [-0.1, -0.05) is 31.5 Å². The van der Waals surface area contributed by atoms with Gasteiger partial charge in [-0.15, -0.1) is 0 Å². The van der Waals surface area contributed by atoms with E-state index in [2.05, 4.69) is 9.73 Å². The monoisotopic (exact) mass is 343 g/mol. The number of aliphatic hydroxyl groups excluding tert-OH is 1. The maximum absolute atomic E-state index is 12.6. The Morgan fingerprint density at radius 3 is 2.40 bits per heavy atom. The van der Waals surface area contributed by atoms with Gasteiger partial charge in [-0.2, -0.15) is 0 Å². The number of aryl methyl sites for hydroxylation is 1. The number of aliphatic hydroxyl groups is 1. The van der Waals surface area contributed by atoms with Gasteiger partial charge in [0.1, 0.15) is 5.76 Å². The molecular formula is C20H25NO4. The highest BCUT2D eigenvalue weighted by atomic mass is 16.5. The number of Topliss-reactive ketones (excluding diaryl/α,β-unsaturated/α-hetero) is 1. The van der Waals surface area contributed by atoms with E-state index in [1.54, 1.807) is 0 Å². The molecule has 0 heterocycles. The Hall–Kier alpha value is -2.43. The second-order valence-electron chi connectivity index (χ2n) is 7.23. The van der Waals surface area contributed by atoms with E-state index in [4.69, 9.17) is 0 Å². The molecule has 0 saturated carbocycles. The molecular weight excluding hydrogens is 318 g/mol. The predicted octanol–water partition coefficient (Wildman–Crippen LogP) is 4.22. The van der Waals surface area contributed by atoms with Gasteiger partial charge in [0.15, 0.2) is 5.78 Å². The van der Waals surface area contributed by atoms with Crippen LogP contribution in [0.1, 0.15) is 45.1 Å². The lowest BCUT2D eigenvalue weighted by Crippen LogP contribution is -2.29. The Bertz CT molecular complexity index is 727. The molecule has 1 aromatic carbocycles. The molecule has 0 bridgehead atoms. The molecule has 0 saturated heterocycles. The summed E-state index contributed by atoms with van der Waals surface area (Å²) in [6, 6.07) is 7.55. The third-order valence-corrected chi connectivity index (χ3v) is 4.23. The van der Waals surface area contributed by atoms with Crippen LogP contribution in [-0.4, -0.2) is 29.7 Å². The highest BCUT2D eigenvalue weighted by Crippen LogP contribution is 2.37. The molecule has 1 aromatic rings. The van der Waals surface area contributed by atoms with E-state index >= 15 is 0 Å². The fraction of sp³-hybridized carbons (Fsp3) is 0.450. The first-order valence-electron chi connectivity index (χ1n) is 8.38. The van der Waals surface area contributed by atoms with Crippen molar-refractivity contribution in [2.24, 2.45) is 10.4 Å². The number of rotatable bonds is 5. The number of allylic oxidation sites excluding steroid dienone is 2. The summed E-state index contributed by atoms with van der Waals surface area (Å²) in [5, 5.41) is 10.5. The van der Waals surface area contributed by atoms with E-state index in [0.717, 1.165) is 5.56 Å². The minimum atomic E-state index is -0.375. The third kappa shape index (κ3) is 5.02. The molecule has 0 radical (unpaired) electrons. The lowest BCUT2D eigenvalue weighted by atomic mass is 9.75. The molecule has 2 rings (SSSR count). The van der Waals surface area contributed by atoms with Crippen molar-refractivity contribution in [3.63, 3.8) is 0 Å². The van der Waals surface area contributed by atoms with Gasteiger partial charge < -0.3 is 9.84 Å². The fourth-order valence-corrected chi connectivity index (χ4v) is 2.95. The molecule has 0 atom stereocenters. The number of ketones is 1. The van der Waals surface area contributed by atoms with Crippen molar-refractivity contribution in [1.82, 2.24) is 0 Å². The average molecular weight is 343 g/mol. The number of nitrogens with zero attached hydrogens (tertiary/aromatic N) is 1. The Balaban J connectivity index is 2.42. The first-order chi connectivity index (χ1) is 11.7. The zero-order valence-corrected chi connectivity index (χ0v) is 15.3. The summed E-state index contributed by atoms with van der Waals surface area (Å²) >= 11 is 0. The second-order valence-corrected chi connectivity index (χ2v) is 7.23. The Kier molecular flexibility index (Phi) is 5.77. The second kappa shape index (κ2) is 7.64. The van der Waals surface area contributed by atoms with E-state index in [9.17, 15) is 14.7 Å². The van der Waals surface area contributed by atoms with Crippen molar-refractivity contribution in [2.75, 3.05) is 7.11 Å². The number of carbonyl (C=O) groups is 2. The molecule has 1 aliphatic rings. The first-order valence-corrected chi connectivity index (χ1v) is 8.38. The maximum atomic E-state index is 12.6. The van der Waals surface area contributed by atoms with Gasteiger partial charge in [0, 0.05) is 19.3 Å². The number of esters is 1. The maximum Gasteiger partial charge on any atom is 0.305 e. The Morgan fingerprint density at radius 1 is 1.20 bits per heavy atom. The molecule has 0 aromatic heterocycles. The quantitative estimate of drug-likeness (QED) is 0.641. The number of carbonyl (C=O) groups excluding carboxylic acids is 2. The van der Waals surface area contributed by atoms with E-state index in [0.29, 0.717) is 24.2 Å². The Labute approximate surface area is 148 Å². The predicted molar refractivity (Wildman–Crippen MR) is 97.2 cm³/mol. The average Bonchev–Trinajstić information content (AvgIpc) is 2.52. The van der Waals surface area contributed by atoms with E-state index in [1.165, 1.54) is 7.11 Å². The van der Waals surface area contributed by atoms with Gasteiger partial charge in [0.2, 0.25) is 0 Å². The van der Waals surface area contributed by atoms with Crippen LogP contribution in [0.3, 0.4) is 0 Å². The number of hydrogen-bond acceptors (Lipinski definition) is 5. The normalized spacial score (nSPS) is 17.6. The van der Waals surface area contributed by atoms with Crippen LogP contribution < -0.4 is 0 Å². The molecule has 25 heavy (non-hydrogen) atoms. The zero-order chi connectivity index (χ0) is 18.6. The van der Waals surface area contributed by atoms with Crippen LogP contribution in [0.4, 0.5) is 5.69 Å². The molecule has 5 heteroatoms.